The lowest BCUT2D eigenvalue weighted by atomic mass is 10.1. The minimum atomic E-state index is -0.418. The molecule has 1 unspecified atom stereocenters. The van der Waals surface area contributed by atoms with Crippen LogP contribution in [0.4, 0.5) is 5.69 Å². The average Bonchev–Trinajstić information content (AvgIpc) is 3.09. The number of nitrogens with one attached hydrogen (secondary N) is 1. The Morgan fingerprint density at radius 3 is 2.17 bits per heavy atom. The van der Waals surface area contributed by atoms with Crippen LogP contribution in [-0.4, -0.2) is 23.9 Å². The van der Waals surface area contributed by atoms with Gasteiger partial charge in [0, 0.05) is 6.04 Å². The lowest BCUT2D eigenvalue weighted by molar-refractivity contribution is -0.121. The lowest BCUT2D eigenvalue weighted by Gasteiger charge is -2.18. The van der Waals surface area contributed by atoms with Gasteiger partial charge < -0.3 is 5.32 Å². The number of hydrogen-bond acceptors (Lipinski definition) is 3. The van der Waals surface area contributed by atoms with E-state index in [1.54, 1.807) is 0 Å². The molecule has 1 saturated heterocycles. The molecule has 2 aromatic rings. The summed E-state index contributed by atoms with van der Waals surface area (Å²) in [6, 6.07) is 15.7. The van der Waals surface area contributed by atoms with E-state index in [0.717, 1.165) is 18.4 Å². The molecule has 122 valence electrons. The van der Waals surface area contributed by atoms with E-state index >= 15 is 0 Å². The van der Waals surface area contributed by atoms with E-state index in [1.165, 1.54) is 16.0 Å². The Kier molecular flexibility index (Phi) is 3.69. The number of rotatable bonds is 3. The third-order valence-corrected chi connectivity index (χ3v) is 4.93. The van der Waals surface area contributed by atoms with Gasteiger partial charge in [-0.3, -0.25) is 9.59 Å². The number of anilines is 1. The van der Waals surface area contributed by atoms with Gasteiger partial charge >= 0.3 is 0 Å². The Labute approximate surface area is 141 Å². The zero-order chi connectivity index (χ0) is 16.7. The normalized spacial score (nSPS) is 20.7. The van der Waals surface area contributed by atoms with Crippen LogP contribution in [0.5, 0.6) is 0 Å². The van der Waals surface area contributed by atoms with Crippen LogP contribution in [0, 0.1) is 6.92 Å². The molecule has 0 aromatic heterocycles. The number of aryl methyl sites for hydroxylation is 1. The van der Waals surface area contributed by atoms with Gasteiger partial charge in [0.15, 0.2) is 0 Å². The number of amides is 2. The molecule has 2 aromatic carbocycles. The molecular weight excluding hydrogens is 300 g/mol. The molecule has 4 rings (SSSR count). The molecule has 1 atom stereocenters. The minimum absolute atomic E-state index is 0.128. The molecule has 4 heteroatoms. The summed E-state index contributed by atoms with van der Waals surface area (Å²) in [5.41, 5.74) is 4.44. The van der Waals surface area contributed by atoms with Crippen LogP contribution in [0.25, 0.3) is 0 Å². The molecule has 2 aliphatic rings. The van der Waals surface area contributed by atoms with Gasteiger partial charge in [-0.25, -0.2) is 4.90 Å². The second-order valence-corrected chi connectivity index (χ2v) is 6.70. The zero-order valence-corrected chi connectivity index (χ0v) is 13.7. The van der Waals surface area contributed by atoms with Crippen LogP contribution in [0.2, 0.25) is 0 Å². The Balaban J connectivity index is 1.47. The van der Waals surface area contributed by atoms with Crippen LogP contribution < -0.4 is 10.2 Å². The molecule has 1 N–H and O–H groups in total. The summed E-state index contributed by atoms with van der Waals surface area (Å²) in [7, 11) is 0. The van der Waals surface area contributed by atoms with Gasteiger partial charge in [-0.05, 0) is 43.0 Å². The highest BCUT2D eigenvalue weighted by molar-refractivity contribution is 6.22. The third kappa shape index (κ3) is 2.63. The topological polar surface area (TPSA) is 49.4 Å². The van der Waals surface area contributed by atoms with E-state index < -0.39 is 6.04 Å². The summed E-state index contributed by atoms with van der Waals surface area (Å²) in [6.45, 7) is 1.99. The van der Waals surface area contributed by atoms with Gasteiger partial charge in [-0.15, -0.1) is 0 Å². The Hall–Kier alpha value is -2.46. The fraction of sp³-hybridized carbons (Fsp3) is 0.300. The second-order valence-electron chi connectivity index (χ2n) is 6.70. The number of carbonyl (C=O) groups excluding carboxylic acids is 2. The molecule has 4 nitrogen and oxygen atoms in total. The first-order valence-electron chi connectivity index (χ1n) is 8.38. The summed E-state index contributed by atoms with van der Waals surface area (Å²) in [4.78, 5) is 26.4. The molecule has 1 aliphatic carbocycles. The molecule has 0 spiro atoms. The SMILES string of the molecule is Cc1ccc(N2C(=O)CC(NC3Cc4ccccc4C3)C2=O)cc1. The maximum absolute atomic E-state index is 12.7. The quantitative estimate of drug-likeness (QED) is 0.884. The molecule has 1 heterocycles. The van der Waals surface area contributed by atoms with Crippen molar-refractivity contribution in [2.45, 2.75) is 38.3 Å². The van der Waals surface area contributed by atoms with Crippen LogP contribution in [0.1, 0.15) is 23.1 Å². The monoisotopic (exact) mass is 320 g/mol. The summed E-state index contributed by atoms with van der Waals surface area (Å²) in [5.74, 6) is -0.267. The fourth-order valence-corrected chi connectivity index (χ4v) is 3.69. The summed E-state index contributed by atoms with van der Waals surface area (Å²) >= 11 is 0. The molecule has 1 aliphatic heterocycles. The standard InChI is InChI=1S/C20H20N2O2/c1-13-6-8-17(9-7-13)22-19(23)12-18(20(22)24)21-16-10-14-4-2-3-5-15(14)11-16/h2-9,16,18,21H,10-12H2,1H3. The van der Waals surface area contributed by atoms with Crippen molar-refractivity contribution >= 4 is 17.5 Å². The van der Waals surface area contributed by atoms with Crippen molar-refractivity contribution in [3.8, 4) is 0 Å². The first kappa shape index (κ1) is 15.1. The largest absolute Gasteiger partial charge is 0.302 e. The Morgan fingerprint density at radius 1 is 0.917 bits per heavy atom. The maximum Gasteiger partial charge on any atom is 0.251 e. The first-order valence-corrected chi connectivity index (χ1v) is 8.38. The Bertz CT molecular complexity index is 773. The lowest BCUT2D eigenvalue weighted by Crippen LogP contribution is -2.44. The highest BCUT2D eigenvalue weighted by atomic mass is 16.2. The van der Waals surface area contributed by atoms with Gasteiger partial charge in [-0.1, -0.05) is 42.0 Å². The van der Waals surface area contributed by atoms with E-state index in [0.29, 0.717) is 5.69 Å². The predicted octanol–water partition coefficient (Wildman–Crippen LogP) is 2.38. The molecule has 24 heavy (non-hydrogen) atoms. The third-order valence-electron chi connectivity index (χ3n) is 4.93. The number of benzene rings is 2. The van der Waals surface area contributed by atoms with Crippen LogP contribution in [0.3, 0.4) is 0 Å². The molecule has 0 saturated carbocycles. The fourth-order valence-electron chi connectivity index (χ4n) is 3.69. The maximum atomic E-state index is 12.7. The van der Waals surface area contributed by atoms with Gasteiger partial charge in [0.25, 0.3) is 5.91 Å². The van der Waals surface area contributed by atoms with Crippen LogP contribution >= 0.6 is 0 Å². The van der Waals surface area contributed by atoms with E-state index in [2.05, 4.69) is 17.4 Å². The summed E-state index contributed by atoms with van der Waals surface area (Å²) in [5, 5.41) is 3.40. The molecule has 2 amide bonds. The van der Waals surface area contributed by atoms with E-state index in [-0.39, 0.29) is 24.3 Å². The van der Waals surface area contributed by atoms with E-state index in [4.69, 9.17) is 0 Å². The van der Waals surface area contributed by atoms with Crippen LogP contribution in [-0.2, 0) is 22.4 Å². The van der Waals surface area contributed by atoms with Crippen molar-refractivity contribution in [1.82, 2.24) is 5.32 Å². The number of hydrogen-bond donors (Lipinski definition) is 1. The second kappa shape index (κ2) is 5.87. The number of nitrogens with zero attached hydrogens (tertiary/aromatic N) is 1. The van der Waals surface area contributed by atoms with Crippen molar-refractivity contribution in [1.29, 1.82) is 0 Å². The number of fused-ring (bicyclic) bond motifs is 1. The minimum Gasteiger partial charge on any atom is -0.302 e. The summed E-state index contributed by atoms with van der Waals surface area (Å²) in [6.07, 6.45) is 2.07. The highest BCUT2D eigenvalue weighted by Crippen LogP contribution is 2.26. The van der Waals surface area contributed by atoms with E-state index in [1.807, 2.05) is 43.3 Å². The molecule has 0 bridgehead atoms. The van der Waals surface area contributed by atoms with Crippen LogP contribution in [0.15, 0.2) is 48.5 Å². The predicted molar refractivity (Wildman–Crippen MR) is 92.9 cm³/mol. The highest BCUT2D eigenvalue weighted by Gasteiger charge is 2.40. The van der Waals surface area contributed by atoms with E-state index in [9.17, 15) is 9.59 Å². The van der Waals surface area contributed by atoms with Gasteiger partial charge in [0.05, 0.1) is 18.2 Å². The van der Waals surface area contributed by atoms with Crippen molar-refractivity contribution in [3.05, 3.63) is 65.2 Å². The molecule has 1 fully saturated rings. The van der Waals surface area contributed by atoms with Gasteiger partial charge in [-0.2, -0.15) is 0 Å². The average molecular weight is 320 g/mol. The smallest absolute Gasteiger partial charge is 0.251 e. The zero-order valence-electron chi connectivity index (χ0n) is 13.7. The van der Waals surface area contributed by atoms with Crippen molar-refractivity contribution in [3.63, 3.8) is 0 Å². The van der Waals surface area contributed by atoms with Crippen molar-refractivity contribution in [2.24, 2.45) is 0 Å². The van der Waals surface area contributed by atoms with Gasteiger partial charge in [0.1, 0.15) is 0 Å². The van der Waals surface area contributed by atoms with Crippen molar-refractivity contribution in [2.75, 3.05) is 4.90 Å². The number of carbonyl (C=O) groups is 2. The van der Waals surface area contributed by atoms with Crippen molar-refractivity contribution < 1.29 is 9.59 Å². The molecule has 0 radical (unpaired) electrons. The summed E-state index contributed by atoms with van der Waals surface area (Å²) < 4.78 is 0. The number of imide groups is 1. The first-order chi connectivity index (χ1) is 11.6. The molecular formula is C20H20N2O2. The Morgan fingerprint density at radius 2 is 1.54 bits per heavy atom. The van der Waals surface area contributed by atoms with Gasteiger partial charge in [0.2, 0.25) is 5.91 Å².